The van der Waals surface area contributed by atoms with Crippen LogP contribution in [0.25, 0.3) is 11.1 Å². The third-order valence-electron chi connectivity index (χ3n) is 6.75. The highest BCUT2D eigenvalue weighted by molar-refractivity contribution is 6.01. The first-order chi connectivity index (χ1) is 17.9. The summed E-state index contributed by atoms with van der Waals surface area (Å²) >= 11 is 0. The van der Waals surface area contributed by atoms with E-state index in [0.717, 1.165) is 31.5 Å². The van der Waals surface area contributed by atoms with Crippen LogP contribution in [0.15, 0.2) is 59.0 Å². The van der Waals surface area contributed by atoms with E-state index in [4.69, 9.17) is 4.42 Å². The quantitative estimate of drug-likeness (QED) is 0.344. The lowest BCUT2D eigenvalue weighted by Gasteiger charge is -2.27. The minimum absolute atomic E-state index is 0.0290. The summed E-state index contributed by atoms with van der Waals surface area (Å²) in [7, 11) is 0. The van der Waals surface area contributed by atoms with Crippen molar-refractivity contribution in [1.29, 1.82) is 0 Å². The van der Waals surface area contributed by atoms with Gasteiger partial charge in [0.15, 0.2) is 5.58 Å². The van der Waals surface area contributed by atoms with Gasteiger partial charge in [-0.1, -0.05) is 56.3 Å². The lowest BCUT2D eigenvalue weighted by Crippen LogP contribution is -2.53. The Bertz CT molecular complexity index is 1170. The van der Waals surface area contributed by atoms with Crippen molar-refractivity contribution in [1.82, 2.24) is 20.9 Å². The number of oxazole rings is 1. The van der Waals surface area contributed by atoms with E-state index in [1.54, 1.807) is 12.1 Å². The van der Waals surface area contributed by atoms with E-state index in [1.807, 2.05) is 56.3 Å². The highest BCUT2D eigenvalue weighted by Crippen LogP contribution is 2.18. The Morgan fingerprint density at radius 2 is 1.68 bits per heavy atom. The lowest BCUT2D eigenvalue weighted by molar-refractivity contribution is -0.132. The maximum Gasteiger partial charge on any atom is 0.266 e. The molecule has 1 aromatic heterocycles. The Kier molecular flexibility index (Phi) is 9.06. The third kappa shape index (κ3) is 7.26. The predicted octanol–water partition coefficient (Wildman–Crippen LogP) is 3.66. The van der Waals surface area contributed by atoms with E-state index in [0.29, 0.717) is 30.4 Å². The molecule has 1 aliphatic heterocycles. The monoisotopic (exact) mass is 504 g/mol. The van der Waals surface area contributed by atoms with Gasteiger partial charge in [0.1, 0.15) is 11.6 Å². The van der Waals surface area contributed by atoms with Crippen LogP contribution < -0.4 is 16.0 Å². The molecule has 0 unspecified atom stereocenters. The molecule has 4 rings (SSSR count). The first-order valence-electron chi connectivity index (χ1n) is 13.2. The molecule has 196 valence electrons. The summed E-state index contributed by atoms with van der Waals surface area (Å²) in [5.74, 6) is -0.808. The van der Waals surface area contributed by atoms with Gasteiger partial charge in [0, 0.05) is 5.92 Å². The number of Topliss-reactive ketones (excluding diaryl/α,β-unsaturated/α-hetero) is 1. The number of hydrogen-bond donors (Lipinski definition) is 3. The fourth-order valence-corrected chi connectivity index (χ4v) is 4.70. The number of fused-ring (bicyclic) bond motifs is 1. The predicted molar refractivity (Wildman–Crippen MR) is 142 cm³/mol. The topological polar surface area (TPSA) is 113 Å². The summed E-state index contributed by atoms with van der Waals surface area (Å²) in [5, 5.41) is 9.15. The number of nitrogens with zero attached hydrogens (tertiary/aromatic N) is 1. The van der Waals surface area contributed by atoms with E-state index in [-0.39, 0.29) is 35.3 Å². The number of carbonyl (C=O) groups is 3. The Morgan fingerprint density at radius 3 is 2.38 bits per heavy atom. The van der Waals surface area contributed by atoms with Gasteiger partial charge in [-0.25, -0.2) is 4.98 Å². The Morgan fingerprint density at radius 1 is 0.973 bits per heavy atom. The van der Waals surface area contributed by atoms with Gasteiger partial charge in [0.25, 0.3) is 5.89 Å². The van der Waals surface area contributed by atoms with Gasteiger partial charge in [-0.3, -0.25) is 14.4 Å². The van der Waals surface area contributed by atoms with Crippen molar-refractivity contribution in [3.63, 3.8) is 0 Å². The fraction of sp³-hybridized carbons (Fsp3) is 0.448. The number of hydrogen-bond acceptors (Lipinski definition) is 6. The molecule has 0 spiro atoms. The van der Waals surface area contributed by atoms with Crippen molar-refractivity contribution in [2.75, 3.05) is 13.1 Å². The van der Waals surface area contributed by atoms with E-state index < -0.39 is 12.1 Å². The zero-order chi connectivity index (χ0) is 26.2. The van der Waals surface area contributed by atoms with Crippen molar-refractivity contribution in [2.45, 2.75) is 58.0 Å². The van der Waals surface area contributed by atoms with Crippen molar-refractivity contribution in [3.05, 3.63) is 66.1 Å². The molecule has 8 nitrogen and oxygen atoms in total. The normalized spacial score (nSPS) is 15.9. The van der Waals surface area contributed by atoms with E-state index in [9.17, 15) is 14.4 Å². The number of para-hydroxylation sites is 2. The van der Waals surface area contributed by atoms with Gasteiger partial charge < -0.3 is 20.4 Å². The molecule has 0 aliphatic carbocycles. The number of aromatic nitrogens is 1. The number of nitrogens with one attached hydrogen (secondary N) is 3. The van der Waals surface area contributed by atoms with Gasteiger partial charge in [0.2, 0.25) is 17.6 Å². The molecular weight excluding hydrogens is 468 g/mol. The number of aryl methyl sites for hydroxylation is 1. The van der Waals surface area contributed by atoms with Crippen LogP contribution in [0.4, 0.5) is 0 Å². The first kappa shape index (κ1) is 26.5. The van der Waals surface area contributed by atoms with Gasteiger partial charge in [-0.2, -0.15) is 0 Å². The van der Waals surface area contributed by atoms with Crippen LogP contribution in [0.3, 0.4) is 0 Å². The average molecular weight is 505 g/mol. The van der Waals surface area contributed by atoms with E-state index in [2.05, 4.69) is 20.9 Å². The van der Waals surface area contributed by atoms with Gasteiger partial charge >= 0.3 is 0 Å². The second-order valence-electron chi connectivity index (χ2n) is 10.2. The Hall–Kier alpha value is -3.52. The highest BCUT2D eigenvalue weighted by Gasteiger charge is 2.31. The highest BCUT2D eigenvalue weighted by atomic mass is 16.4. The van der Waals surface area contributed by atoms with Crippen LogP contribution >= 0.6 is 0 Å². The van der Waals surface area contributed by atoms with Crippen LogP contribution in [0, 0.1) is 11.8 Å². The molecule has 2 aromatic carbocycles. The average Bonchev–Trinajstić information content (AvgIpc) is 3.35. The van der Waals surface area contributed by atoms with Crippen molar-refractivity contribution >= 4 is 28.7 Å². The minimum atomic E-state index is -0.841. The SMILES string of the molecule is CC(C)C[C@H](NC(=O)C1CCNCC1)C(=O)N[C@@H](CCc1ccccc1)C(=O)c1nc2ccccc2o1. The Labute approximate surface area is 217 Å². The molecule has 0 radical (unpaired) electrons. The molecule has 37 heavy (non-hydrogen) atoms. The molecular formula is C29H36N4O4. The maximum absolute atomic E-state index is 13.5. The Balaban J connectivity index is 1.52. The summed E-state index contributed by atoms with van der Waals surface area (Å²) in [6, 6.07) is 15.4. The molecule has 2 heterocycles. The summed E-state index contributed by atoms with van der Waals surface area (Å²) in [5.41, 5.74) is 2.17. The fourth-order valence-electron chi connectivity index (χ4n) is 4.70. The largest absolute Gasteiger partial charge is 0.434 e. The number of benzene rings is 2. The molecule has 3 N–H and O–H groups in total. The summed E-state index contributed by atoms with van der Waals surface area (Å²) < 4.78 is 5.73. The number of ketones is 1. The molecule has 8 heteroatoms. The molecule has 1 saturated heterocycles. The number of piperidine rings is 1. The van der Waals surface area contributed by atoms with Crippen LogP contribution in [-0.4, -0.2) is 47.8 Å². The summed E-state index contributed by atoms with van der Waals surface area (Å²) in [6.07, 6.45) is 2.94. The smallest absolute Gasteiger partial charge is 0.266 e. The second-order valence-corrected chi connectivity index (χ2v) is 10.2. The number of carbonyl (C=O) groups excluding carboxylic acids is 3. The van der Waals surface area contributed by atoms with Gasteiger partial charge in [0.05, 0.1) is 6.04 Å². The van der Waals surface area contributed by atoms with Crippen molar-refractivity contribution < 1.29 is 18.8 Å². The zero-order valence-corrected chi connectivity index (χ0v) is 21.5. The maximum atomic E-state index is 13.5. The zero-order valence-electron chi connectivity index (χ0n) is 21.5. The molecule has 1 aliphatic rings. The van der Waals surface area contributed by atoms with Crippen molar-refractivity contribution in [2.24, 2.45) is 11.8 Å². The van der Waals surface area contributed by atoms with Crippen LogP contribution in [-0.2, 0) is 16.0 Å². The lowest BCUT2D eigenvalue weighted by atomic mass is 9.95. The van der Waals surface area contributed by atoms with Crippen LogP contribution in [0.1, 0.15) is 55.8 Å². The van der Waals surface area contributed by atoms with E-state index >= 15 is 0 Å². The first-order valence-corrected chi connectivity index (χ1v) is 13.2. The molecule has 2 atom stereocenters. The minimum Gasteiger partial charge on any atom is -0.434 e. The molecule has 2 amide bonds. The summed E-state index contributed by atoms with van der Waals surface area (Å²) in [4.78, 5) is 44.3. The summed E-state index contributed by atoms with van der Waals surface area (Å²) in [6.45, 7) is 5.60. The molecule has 1 fully saturated rings. The van der Waals surface area contributed by atoms with Crippen LogP contribution in [0.2, 0.25) is 0 Å². The van der Waals surface area contributed by atoms with Crippen LogP contribution in [0.5, 0.6) is 0 Å². The number of rotatable bonds is 11. The molecule has 3 aromatic rings. The van der Waals surface area contributed by atoms with E-state index in [1.165, 1.54) is 0 Å². The molecule has 0 saturated carbocycles. The van der Waals surface area contributed by atoms with Crippen molar-refractivity contribution in [3.8, 4) is 0 Å². The van der Waals surface area contributed by atoms with Gasteiger partial charge in [-0.05, 0) is 68.8 Å². The third-order valence-corrected chi connectivity index (χ3v) is 6.75. The van der Waals surface area contributed by atoms with Gasteiger partial charge in [-0.15, -0.1) is 0 Å². The second kappa shape index (κ2) is 12.6. The number of amides is 2. The standard InChI is InChI=1S/C29H36N4O4/c1-19(2)18-24(32-27(35)21-14-16-30-17-15-21)28(36)31-23(13-12-20-8-4-3-5-9-20)26(34)29-33-22-10-6-7-11-25(22)37-29/h3-11,19,21,23-24,30H,12-18H2,1-2H3,(H,31,36)(H,32,35)/t23-,24-/m0/s1. The molecule has 0 bridgehead atoms.